The number of hydrogen-bond acceptors (Lipinski definition) is 2. The van der Waals surface area contributed by atoms with Crippen molar-refractivity contribution < 1.29 is 9.18 Å². The van der Waals surface area contributed by atoms with Crippen molar-refractivity contribution in [2.45, 2.75) is 19.4 Å². The number of benzene rings is 1. The first kappa shape index (κ1) is 14.8. The van der Waals surface area contributed by atoms with Crippen LogP contribution in [-0.2, 0) is 0 Å². The Hall–Kier alpha value is -2.61. The van der Waals surface area contributed by atoms with Crippen molar-refractivity contribution in [3.05, 3.63) is 54.1 Å². The van der Waals surface area contributed by atoms with Crippen LogP contribution in [0.4, 0.5) is 4.39 Å². The molecule has 0 aliphatic carbocycles. The minimum atomic E-state index is -0.460. The van der Waals surface area contributed by atoms with Gasteiger partial charge in [0.2, 0.25) is 0 Å². The van der Waals surface area contributed by atoms with Gasteiger partial charge in [0.05, 0.1) is 18.2 Å². The predicted molar refractivity (Wildman–Crippen MR) is 77.5 cm³/mol. The number of carbonyl (C=O) groups is 1. The molecule has 1 aromatic heterocycles. The highest BCUT2D eigenvalue weighted by molar-refractivity contribution is 5.94. The van der Waals surface area contributed by atoms with Gasteiger partial charge in [-0.05, 0) is 37.3 Å². The van der Waals surface area contributed by atoms with Gasteiger partial charge in [-0.2, -0.15) is 5.26 Å². The van der Waals surface area contributed by atoms with E-state index in [9.17, 15) is 9.18 Å². The van der Waals surface area contributed by atoms with Gasteiger partial charge < -0.3 is 9.47 Å². The highest BCUT2D eigenvalue weighted by atomic mass is 19.1. The highest BCUT2D eigenvalue weighted by Gasteiger charge is 2.18. The van der Waals surface area contributed by atoms with E-state index in [2.05, 4.69) is 0 Å². The molecular formula is C16H16FN3O. The van der Waals surface area contributed by atoms with Crippen LogP contribution in [0.1, 0.15) is 23.7 Å². The summed E-state index contributed by atoms with van der Waals surface area (Å²) >= 11 is 0. The normalized spacial score (nSPS) is 11.7. The molecule has 1 amide bonds. The third-order valence-corrected chi connectivity index (χ3v) is 3.45. The van der Waals surface area contributed by atoms with E-state index in [-0.39, 0.29) is 23.9 Å². The molecule has 0 fully saturated rings. The second-order valence-corrected chi connectivity index (χ2v) is 4.88. The molecule has 0 unspecified atom stereocenters. The quantitative estimate of drug-likeness (QED) is 0.867. The topological polar surface area (TPSA) is 49.0 Å². The summed E-state index contributed by atoms with van der Waals surface area (Å²) in [5.41, 5.74) is 0.667. The van der Waals surface area contributed by atoms with Crippen LogP contribution in [0.2, 0.25) is 0 Å². The van der Waals surface area contributed by atoms with Crippen LogP contribution in [0.3, 0.4) is 0 Å². The number of nitrogens with zero attached hydrogens (tertiary/aromatic N) is 3. The molecule has 0 bridgehead atoms. The zero-order valence-corrected chi connectivity index (χ0v) is 12.0. The fourth-order valence-electron chi connectivity index (χ4n) is 2.02. The van der Waals surface area contributed by atoms with E-state index < -0.39 is 5.82 Å². The number of hydrogen-bond donors (Lipinski definition) is 0. The van der Waals surface area contributed by atoms with Crippen molar-refractivity contribution in [2.75, 3.05) is 7.05 Å². The Kier molecular flexibility index (Phi) is 4.39. The fraction of sp³-hybridized carbons (Fsp3) is 0.250. The summed E-state index contributed by atoms with van der Waals surface area (Å²) in [6, 6.07) is 9.81. The molecule has 0 saturated heterocycles. The van der Waals surface area contributed by atoms with Gasteiger partial charge >= 0.3 is 0 Å². The van der Waals surface area contributed by atoms with Gasteiger partial charge in [0.15, 0.2) is 0 Å². The molecule has 0 saturated carbocycles. The van der Waals surface area contributed by atoms with Crippen molar-refractivity contribution >= 4 is 5.91 Å². The molecule has 0 radical (unpaired) electrons. The molecular weight excluding hydrogens is 269 g/mol. The van der Waals surface area contributed by atoms with E-state index in [1.165, 1.54) is 11.0 Å². The van der Waals surface area contributed by atoms with Gasteiger partial charge in [-0.3, -0.25) is 4.79 Å². The predicted octanol–water partition coefficient (Wildman–Crippen LogP) is 2.99. The summed E-state index contributed by atoms with van der Waals surface area (Å²) in [5.74, 6) is -0.755. The SMILES string of the molecule is C[C@H](CC#N)N(C)C(=O)c1ccc(-n2cccc2)c(F)c1. The van der Waals surface area contributed by atoms with E-state index in [1.807, 2.05) is 6.07 Å². The fourth-order valence-corrected chi connectivity index (χ4v) is 2.02. The monoisotopic (exact) mass is 285 g/mol. The summed E-state index contributed by atoms with van der Waals surface area (Å²) in [5, 5.41) is 8.67. The maximum absolute atomic E-state index is 14.1. The number of carbonyl (C=O) groups excluding carboxylic acids is 1. The average Bonchev–Trinajstić information content (AvgIpc) is 2.99. The van der Waals surface area contributed by atoms with Crippen molar-refractivity contribution in [3.63, 3.8) is 0 Å². The Morgan fingerprint density at radius 3 is 2.67 bits per heavy atom. The minimum absolute atomic E-state index is 0.213. The Morgan fingerprint density at radius 2 is 2.10 bits per heavy atom. The lowest BCUT2D eigenvalue weighted by atomic mass is 10.1. The first-order chi connectivity index (χ1) is 10.0. The molecule has 5 heteroatoms. The summed E-state index contributed by atoms with van der Waals surface area (Å²) < 4.78 is 15.8. The lowest BCUT2D eigenvalue weighted by Gasteiger charge is -2.23. The molecule has 0 spiro atoms. The molecule has 108 valence electrons. The lowest BCUT2D eigenvalue weighted by molar-refractivity contribution is 0.0746. The molecule has 1 heterocycles. The van der Waals surface area contributed by atoms with E-state index >= 15 is 0 Å². The Balaban J connectivity index is 2.24. The third kappa shape index (κ3) is 3.11. The molecule has 1 atom stereocenters. The number of nitriles is 1. The van der Waals surface area contributed by atoms with Gasteiger partial charge in [0.1, 0.15) is 5.82 Å². The van der Waals surface area contributed by atoms with Crippen LogP contribution >= 0.6 is 0 Å². The van der Waals surface area contributed by atoms with E-state index in [4.69, 9.17) is 5.26 Å². The highest BCUT2D eigenvalue weighted by Crippen LogP contribution is 2.17. The van der Waals surface area contributed by atoms with Crippen molar-refractivity contribution in [3.8, 4) is 11.8 Å². The number of aromatic nitrogens is 1. The largest absolute Gasteiger partial charge is 0.338 e. The number of amides is 1. The second kappa shape index (κ2) is 6.23. The van der Waals surface area contributed by atoms with Crippen LogP contribution in [0.25, 0.3) is 5.69 Å². The average molecular weight is 285 g/mol. The van der Waals surface area contributed by atoms with Crippen LogP contribution in [0, 0.1) is 17.1 Å². The molecule has 1 aromatic carbocycles. The van der Waals surface area contributed by atoms with Crippen LogP contribution in [0.5, 0.6) is 0 Å². The zero-order valence-electron chi connectivity index (χ0n) is 12.0. The summed E-state index contributed by atoms with van der Waals surface area (Å²) in [7, 11) is 1.61. The smallest absolute Gasteiger partial charge is 0.253 e. The standard InChI is InChI=1S/C16H16FN3O/c1-12(7-8-18)19(2)16(21)13-5-6-15(14(17)11-13)20-9-3-4-10-20/h3-6,9-12H,7H2,1-2H3/t12-/m1/s1. The van der Waals surface area contributed by atoms with Crippen molar-refractivity contribution in [1.82, 2.24) is 9.47 Å². The van der Waals surface area contributed by atoms with Gasteiger partial charge in [-0.1, -0.05) is 0 Å². The molecule has 0 aliphatic rings. The first-order valence-electron chi connectivity index (χ1n) is 6.61. The third-order valence-electron chi connectivity index (χ3n) is 3.45. The van der Waals surface area contributed by atoms with Gasteiger partial charge in [0.25, 0.3) is 5.91 Å². The molecule has 21 heavy (non-hydrogen) atoms. The van der Waals surface area contributed by atoms with E-state index in [1.54, 1.807) is 55.2 Å². The van der Waals surface area contributed by atoms with Crippen LogP contribution in [0.15, 0.2) is 42.7 Å². The van der Waals surface area contributed by atoms with Gasteiger partial charge in [-0.25, -0.2) is 4.39 Å². The summed E-state index contributed by atoms with van der Waals surface area (Å²) in [4.78, 5) is 13.7. The number of rotatable bonds is 4. The van der Waals surface area contributed by atoms with Crippen LogP contribution < -0.4 is 0 Å². The van der Waals surface area contributed by atoms with Crippen molar-refractivity contribution in [2.24, 2.45) is 0 Å². The maximum Gasteiger partial charge on any atom is 0.253 e. The molecule has 0 N–H and O–H groups in total. The molecule has 2 aromatic rings. The Morgan fingerprint density at radius 1 is 1.43 bits per heavy atom. The molecule has 2 rings (SSSR count). The lowest BCUT2D eigenvalue weighted by Crippen LogP contribution is -2.34. The van der Waals surface area contributed by atoms with E-state index in [0.717, 1.165) is 0 Å². The second-order valence-electron chi connectivity index (χ2n) is 4.88. The summed E-state index contributed by atoms with van der Waals surface area (Å²) in [6.07, 6.45) is 3.72. The Bertz CT molecular complexity index is 673. The zero-order chi connectivity index (χ0) is 15.4. The van der Waals surface area contributed by atoms with Crippen molar-refractivity contribution in [1.29, 1.82) is 5.26 Å². The van der Waals surface area contributed by atoms with Gasteiger partial charge in [0, 0.05) is 31.0 Å². The molecule has 0 aliphatic heterocycles. The van der Waals surface area contributed by atoms with Crippen LogP contribution in [-0.4, -0.2) is 28.5 Å². The molecule has 4 nitrogen and oxygen atoms in total. The summed E-state index contributed by atoms with van der Waals surface area (Å²) in [6.45, 7) is 1.78. The first-order valence-corrected chi connectivity index (χ1v) is 6.61. The van der Waals surface area contributed by atoms with Gasteiger partial charge in [-0.15, -0.1) is 0 Å². The van der Waals surface area contributed by atoms with E-state index in [0.29, 0.717) is 5.69 Å². The number of halogens is 1. The minimum Gasteiger partial charge on any atom is -0.338 e. The Labute approximate surface area is 123 Å². The maximum atomic E-state index is 14.1.